The van der Waals surface area contributed by atoms with Crippen LogP contribution in [-0.2, 0) is 4.79 Å². The Bertz CT molecular complexity index is 626. The number of rotatable bonds is 7. The number of carbonyl (C=O) groups is 1. The second-order valence-electron chi connectivity index (χ2n) is 6.27. The molecule has 1 aliphatic heterocycles. The number of aryl methyl sites for hydroxylation is 1. The van der Waals surface area contributed by atoms with Crippen molar-refractivity contribution in [2.24, 2.45) is 0 Å². The molecule has 1 atom stereocenters. The largest absolute Gasteiger partial charge is 0.340 e. The number of likely N-dealkylation sites (tertiary alicyclic amines) is 1. The third-order valence-electron chi connectivity index (χ3n) is 4.60. The van der Waals surface area contributed by atoms with Crippen molar-refractivity contribution in [3.63, 3.8) is 0 Å². The Morgan fingerprint density at radius 1 is 1.25 bits per heavy atom. The average Bonchev–Trinajstić information content (AvgIpc) is 3.03. The summed E-state index contributed by atoms with van der Waals surface area (Å²) < 4.78 is 0. The van der Waals surface area contributed by atoms with Crippen LogP contribution in [0.4, 0.5) is 0 Å². The normalized spacial score (nSPS) is 17.2. The van der Waals surface area contributed by atoms with E-state index in [0.717, 1.165) is 19.5 Å². The molecule has 5 heteroatoms. The van der Waals surface area contributed by atoms with Gasteiger partial charge in [0.1, 0.15) is 0 Å². The Morgan fingerprint density at radius 2 is 1.92 bits per heavy atom. The molecule has 24 heavy (non-hydrogen) atoms. The topological polar surface area (TPSA) is 71.1 Å². The first-order chi connectivity index (χ1) is 11.7. The van der Waals surface area contributed by atoms with Crippen LogP contribution >= 0.6 is 0 Å². The van der Waals surface area contributed by atoms with Gasteiger partial charge in [-0.25, -0.2) is 0 Å². The molecule has 1 amide bonds. The van der Waals surface area contributed by atoms with E-state index in [1.165, 1.54) is 11.1 Å². The summed E-state index contributed by atoms with van der Waals surface area (Å²) in [5, 5.41) is 17.5. The van der Waals surface area contributed by atoms with Crippen LogP contribution in [-0.4, -0.2) is 48.4 Å². The zero-order chi connectivity index (χ0) is 17.4. The zero-order valence-corrected chi connectivity index (χ0v) is 14.2. The molecule has 0 bridgehead atoms. The van der Waals surface area contributed by atoms with E-state index < -0.39 is 0 Å². The van der Waals surface area contributed by atoms with Crippen molar-refractivity contribution >= 4 is 5.91 Å². The molecule has 0 aromatic heterocycles. The molecule has 0 aliphatic carbocycles. The fraction of sp³-hybridized carbons (Fsp3) is 0.526. The highest BCUT2D eigenvalue weighted by Crippen LogP contribution is 2.29. The van der Waals surface area contributed by atoms with E-state index in [9.17, 15) is 4.79 Å². The third kappa shape index (κ3) is 4.81. The highest BCUT2D eigenvalue weighted by molar-refractivity contribution is 5.78. The summed E-state index contributed by atoms with van der Waals surface area (Å²) in [7, 11) is 0. The van der Waals surface area contributed by atoms with Crippen LogP contribution in [0.3, 0.4) is 0 Å². The molecule has 0 radical (unpaired) electrons. The monoisotopic (exact) mass is 324 g/mol. The number of benzene rings is 1. The molecule has 1 aromatic rings. The van der Waals surface area contributed by atoms with Crippen LogP contribution in [0.5, 0.6) is 0 Å². The van der Waals surface area contributed by atoms with Crippen molar-refractivity contribution in [2.75, 3.05) is 32.7 Å². The van der Waals surface area contributed by atoms with Crippen LogP contribution in [0.25, 0.3) is 0 Å². The van der Waals surface area contributed by atoms with Crippen molar-refractivity contribution in [3.05, 3.63) is 35.4 Å². The Morgan fingerprint density at radius 3 is 2.54 bits per heavy atom. The van der Waals surface area contributed by atoms with Gasteiger partial charge in [-0.2, -0.15) is 10.5 Å². The van der Waals surface area contributed by atoms with E-state index in [0.29, 0.717) is 38.4 Å². The Kier molecular flexibility index (Phi) is 6.78. The molecule has 1 fully saturated rings. The Hall–Kier alpha value is -2.37. The van der Waals surface area contributed by atoms with Gasteiger partial charge in [0, 0.05) is 19.6 Å². The van der Waals surface area contributed by atoms with Gasteiger partial charge in [0.15, 0.2) is 0 Å². The van der Waals surface area contributed by atoms with Crippen molar-refractivity contribution in [1.82, 2.24) is 9.80 Å². The van der Waals surface area contributed by atoms with E-state index in [4.69, 9.17) is 10.5 Å². The predicted molar refractivity (Wildman–Crippen MR) is 92.0 cm³/mol. The maximum Gasteiger partial charge on any atom is 0.236 e. The molecule has 5 nitrogen and oxygen atoms in total. The number of carbonyl (C=O) groups excluding carboxylic acids is 1. The second kappa shape index (κ2) is 9.05. The van der Waals surface area contributed by atoms with Gasteiger partial charge < -0.3 is 4.90 Å². The van der Waals surface area contributed by atoms with E-state index >= 15 is 0 Å². The predicted octanol–water partition coefficient (Wildman–Crippen LogP) is 2.44. The van der Waals surface area contributed by atoms with Crippen LogP contribution in [0, 0.1) is 29.6 Å². The minimum Gasteiger partial charge on any atom is -0.340 e. The minimum absolute atomic E-state index is 0.0194. The first-order valence-electron chi connectivity index (χ1n) is 8.45. The van der Waals surface area contributed by atoms with Crippen LogP contribution in [0.2, 0.25) is 0 Å². The van der Waals surface area contributed by atoms with Gasteiger partial charge in [0.2, 0.25) is 5.91 Å². The van der Waals surface area contributed by atoms with Gasteiger partial charge >= 0.3 is 0 Å². The molecule has 126 valence electrons. The lowest BCUT2D eigenvalue weighted by atomic mass is 9.94. The maximum absolute atomic E-state index is 12.5. The van der Waals surface area contributed by atoms with E-state index in [1.807, 2.05) is 0 Å². The molecule has 1 saturated heterocycles. The van der Waals surface area contributed by atoms with Gasteiger partial charge in [0.25, 0.3) is 0 Å². The van der Waals surface area contributed by atoms with Gasteiger partial charge in [0.05, 0.1) is 31.5 Å². The van der Waals surface area contributed by atoms with Crippen LogP contribution < -0.4 is 0 Å². The highest BCUT2D eigenvalue weighted by Gasteiger charge is 2.27. The summed E-state index contributed by atoms with van der Waals surface area (Å²) >= 11 is 0. The quantitative estimate of drug-likeness (QED) is 0.772. The first-order valence-corrected chi connectivity index (χ1v) is 8.45. The average molecular weight is 324 g/mol. The maximum atomic E-state index is 12.5. The number of amides is 1. The molecule has 1 aliphatic rings. The second-order valence-corrected chi connectivity index (χ2v) is 6.27. The summed E-state index contributed by atoms with van der Waals surface area (Å²) in [5.41, 5.74) is 2.68. The molecule has 1 heterocycles. The lowest BCUT2D eigenvalue weighted by molar-refractivity contribution is -0.132. The molecule has 0 saturated carbocycles. The molecule has 2 rings (SSSR count). The summed E-state index contributed by atoms with van der Waals surface area (Å²) in [4.78, 5) is 16.3. The zero-order valence-electron chi connectivity index (χ0n) is 14.2. The van der Waals surface area contributed by atoms with Crippen LogP contribution in [0.15, 0.2) is 24.3 Å². The lowest BCUT2D eigenvalue weighted by Crippen LogP contribution is -2.40. The summed E-state index contributed by atoms with van der Waals surface area (Å²) in [6.45, 7) is 5.13. The molecular formula is C19H24N4O. The lowest BCUT2D eigenvalue weighted by Gasteiger charge is -2.24. The number of hydrogen-bond donors (Lipinski definition) is 0. The molecule has 0 spiro atoms. The SMILES string of the molecule is Cc1ccccc1[C@@H]1CCN(CC(=O)N(CCC#N)CCC#N)C1. The Balaban J connectivity index is 1.91. The fourth-order valence-corrected chi connectivity index (χ4v) is 3.30. The van der Waals surface area contributed by atoms with E-state index in [-0.39, 0.29) is 5.91 Å². The minimum atomic E-state index is 0.0194. The van der Waals surface area contributed by atoms with Crippen molar-refractivity contribution < 1.29 is 4.79 Å². The van der Waals surface area contributed by atoms with Gasteiger partial charge in [-0.1, -0.05) is 24.3 Å². The van der Waals surface area contributed by atoms with Gasteiger partial charge in [-0.05, 0) is 36.9 Å². The first kappa shape index (κ1) is 18.0. The number of nitriles is 2. The van der Waals surface area contributed by atoms with Crippen molar-refractivity contribution in [3.8, 4) is 12.1 Å². The summed E-state index contributed by atoms with van der Waals surface area (Å²) in [6, 6.07) is 12.6. The molecule has 1 aromatic carbocycles. The number of nitrogens with zero attached hydrogens (tertiary/aromatic N) is 4. The van der Waals surface area contributed by atoms with Crippen LogP contribution in [0.1, 0.15) is 36.3 Å². The van der Waals surface area contributed by atoms with E-state index in [2.05, 4.69) is 48.2 Å². The third-order valence-corrected chi connectivity index (χ3v) is 4.60. The number of hydrogen-bond acceptors (Lipinski definition) is 4. The summed E-state index contributed by atoms with van der Waals surface area (Å²) in [5.74, 6) is 0.497. The standard InChI is InChI=1S/C19H24N4O/c1-16-6-2-3-7-18(16)17-8-13-22(14-17)15-19(24)23(11-4-9-20)12-5-10-21/h2-3,6-7,17H,4-5,8,11-15H2,1H3/t17-/m1/s1. The molecular weight excluding hydrogens is 300 g/mol. The highest BCUT2D eigenvalue weighted by atomic mass is 16.2. The molecule has 0 N–H and O–H groups in total. The van der Waals surface area contributed by atoms with E-state index in [1.54, 1.807) is 4.90 Å². The van der Waals surface area contributed by atoms with Crippen molar-refractivity contribution in [2.45, 2.75) is 32.1 Å². The van der Waals surface area contributed by atoms with Gasteiger partial charge in [-0.3, -0.25) is 9.69 Å². The fourth-order valence-electron chi connectivity index (χ4n) is 3.30. The Labute approximate surface area is 144 Å². The van der Waals surface area contributed by atoms with Gasteiger partial charge in [-0.15, -0.1) is 0 Å². The molecule has 0 unspecified atom stereocenters. The van der Waals surface area contributed by atoms with Crippen molar-refractivity contribution in [1.29, 1.82) is 10.5 Å². The summed E-state index contributed by atoms with van der Waals surface area (Å²) in [6.07, 6.45) is 1.68. The smallest absolute Gasteiger partial charge is 0.236 e.